The summed E-state index contributed by atoms with van der Waals surface area (Å²) in [5, 5.41) is 28.6. The Labute approximate surface area is 130 Å². The molecule has 2 aromatic carbocycles. The van der Waals surface area contributed by atoms with Gasteiger partial charge in [-0.1, -0.05) is 0 Å². The Morgan fingerprint density at radius 1 is 1.13 bits per heavy atom. The zero-order valence-corrected chi connectivity index (χ0v) is 12.0. The summed E-state index contributed by atoms with van der Waals surface area (Å²) in [4.78, 5) is 10.2. The van der Waals surface area contributed by atoms with Crippen LogP contribution in [0.2, 0.25) is 0 Å². The van der Waals surface area contributed by atoms with E-state index < -0.39 is 4.92 Å². The third-order valence-electron chi connectivity index (χ3n) is 3.13. The van der Waals surface area contributed by atoms with Gasteiger partial charge in [-0.05, 0) is 24.3 Å². The molecule has 0 spiro atoms. The smallest absolute Gasteiger partial charge is 0.277 e. The van der Waals surface area contributed by atoms with Crippen molar-refractivity contribution in [2.45, 2.75) is 0 Å². The molecule has 0 amide bonds. The summed E-state index contributed by atoms with van der Waals surface area (Å²) in [7, 11) is 1.43. The number of phenolic OH excluding ortho intramolecular Hbond substituents is 1. The monoisotopic (exact) mass is 313 g/mol. The summed E-state index contributed by atoms with van der Waals surface area (Å²) in [6.45, 7) is 0. The quantitative estimate of drug-likeness (QED) is 0.582. The Hall–Kier alpha value is -3.42. The molecular weight excluding hydrogens is 302 g/mol. The molecule has 8 nitrogen and oxygen atoms in total. The highest BCUT2D eigenvalue weighted by atomic mass is 16.6. The Morgan fingerprint density at radius 3 is 2.52 bits per heavy atom. The number of nitro groups is 1. The van der Waals surface area contributed by atoms with Gasteiger partial charge in [0, 0.05) is 18.2 Å². The number of nitro benzene ring substituents is 1. The molecule has 0 aliphatic heterocycles. The van der Waals surface area contributed by atoms with Gasteiger partial charge < -0.3 is 14.6 Å². The molecule has 8 heteroatoms. The molecule has 3 aromatic rings. The van der Waals surface area contributed by atoms with Crippen LogP contribution in [0.25, 0.3) is 10.9 Å². The number of fused-ring (bicyclic) bond motifs is 1. The molecule has 23 heavy (non-hydrogen) atoms. The third-order valence-corrected chi connectivity index (χ3v) is 3.13. The maximum absolute atomic E-state index is 10.7. The topological polar surface area (TPSA) is 108 Å². The summed E-state index contributed by atoms with van der Waals surface area (Å²) in [5.41, 5.74) is 0.398. The molecule has 1 aromatic heterocycles. The number of hydrogen-bond acceptors (Lipinski definition) is 7. The molecule has 1 N–H and O–H groups in total. The molecule has 116 valence electrons. The van der Waals surface area contributed by atoms with E-state index in [0.717, 1.165) is 0 Å². The van der Waals surface area contributed by atoms with Crippen molar-refractivity contribution in [3.05, 3.63) is 52.6 Å². The van der Waals surface area contributed by atoms with Gasteiger partial charge in [-0.3, -0.25) is 10.1 Å². The van der Waals surface area contributed by atoms with Gasteiger partial charge in [-0.25, -0.2) is 0 Å². The highest BCUT2D eigenvalue weighted by molar-refractivity contribution is 5.87. The van der Waals surface area contributed by atoms with Crippen molar-refractivity contribution >= 4 is 16.6 Å². The summed E-state index contributed by atoms with van der Waals surface area (Å²) in [5.74, 6) is 0.919. The maximum Gasteiger partial charge on any atom is 0.277 e. The van der Waals surface area contributed by atoms with E-state index in [2.05, 4.69) is 10.2 Å². The molecular formula is C15H11N3O5. The van der Waals surface area contributed by atoms with Crippen LogP contribution in [0.5, 0.6) is 23.1 Å². The van der Waals surface area contributed by atoms with Gasteiger partial charge in [0.05, 0.1) is 17.4 Å². The minimum atomic E-state index is -0.490. The minimum absolute atomic E-state index is 0.0352. The SMILES string of the molecule is COc1nnc2cc(O)ccc2c1Oc1ccc([N+](=O)[O-])cc1. The lowest BCUT2D eigenvalue weighted by atomic mass is 10.2. The van der Waals surface area contributed by atoms with Crippen molar-refractivity contribution in [2.24, 2.45) is 0 Å². The molecule has 0 aliphatic rings. The van der Waals surface area contributed by atoms with Gasteiger partial charge in [0.25, 0.3) is 11.6 Å². The number of ether oxygens (including phenoxy) is 2. The highest BCUT2D eigenvalue weighted by Gasteiger charge is 2.15. The lowest BCUT2D eigenvalue weighted by Gasteiger charge is -2.11. The van der Waals surface area contributed by atoms with Crippen LogP contribution in [-0.2, 0) is 0 Å². The summed E-state index contributed by atoms with van der Waals surface area (Å²) < 4.78 is 10.9. The lowest BCUT2D eigenvalue weighted by Crippen LogP contribution is -1.97. The maximum atomic E-state index is 10.7. The Balaban J connectivity index is 2.05. The van der Waals surface area contributed by atoms with Crippen LogP contribution in [0.3, 0.4) is 0 Å². The van der Waals surface area contributed by atoms with E-state index in [1.165, 1.54) is 43.5 Å². The van der Waals surface area contributed by atoms with Crippen LogP contribution >= 0.6 is 0 Å². The fraction of sp³-hybridized carbons (Fsp3) is 0.0667. The zero-order chi connectivity index (χ0) is 16.4. The van der Waals surface area contributed by atoms with Gasteiger partial charge in [0.15, 0.2) is 5.75 Å². The Kier molecular flexibility index (Phi) is 3.63. The Bertz CT molecular complexity index is 880. The van der Waals surface area contributed by atoms with Gasteiger partial charge in [-0.15, -0.1) is 10.2 Å². The second-order valence-electron chi connectivity index (χ2n) is 4.59. The predicted molar refractivity (Wildman–Crippen MR) is 80.9 cm³/mol. The molecule has 0 radical (unpaired) electrons. The second kappa shape index (κ2) is 5.76. The van der Waals surface area contributed by atoms with E-state index in [0.29, 0.717) is 22.4 Å². The van der Waals surface area contributed by atoms with E-state index >= 15 is 0 Å². The molecule has 0 unspecified atom stereocenters. The number of phenols is 1. The summed E-state index contributed by atoms with van der Waals surface area (Å²) >= 11 is 0. The minimum Gasteiger partial charge on any atom is -0.508 e. The standard InChI is InChI=1S/C15H11N3O5/c1-22-15-14(12-7-4-10(19)8-13(12)16-17-15)23-11-5-2-9(3-6-11)18(20)21/h2-8,19H,1H3. The fourth-order valence-electron chi connectivity index (χ4n) is 2.04. The van der Waals surface area contributed by atoms with E-state index in [1.54, 1.807) is 6.07 Å². The molecule has 0 aliphatic carbocycles. The number of methoxy groups -OCH3 is 1. The summed E-state index contributed by atoms with van der Waals surface area (Å²) in [6, 6.07) is 10.2. The van der Waals surface area contributed by atoms with Crippen molar-refractivity contribution in [3.63, 3.8) is 0 Å². The van der Waals surface area contributed by atoms with Crippen LogP contribution in [-0.4, -0.2) is 27.3 Å². The molecule has 3 rings (SSSR count). The third kappa shape index (κ3) is 2.82. The average Bonchev–Trinajstić information content (AvgIpc) is 2.55. The van der Waals surface area contributed by atoms with Crippen molar-refractivity contribution < 1.29 is 19.5 Å². The Morgan fingerprint density at radius 2 is 1.87 bits per heavy atom. The number of benzene rings is 2. The number of aromatic nitrogens is 2. The first-order valence-electron chi connectivity index (χ1n) is 6.54. The van der Waals surface area contributed by atoms with E-state index in [1.807, 2.05) is 0 Å². The number of rotatable bonds is 4. The van der Waals surface area contributed by atoms with Crippen molar-refractivity contribution in [3.8, 4) is 23.1 Å². The van der Waals surface area contributed by atoms with Crippen LogP contribution in [0.1, 0.15) is 0 Å². The number of aromatic hydroxyl groups is 1. The molecule has 0 atom stereocenters. The van der Waals surface area contributed by atoms with E-state index in [4.69, 9.17) is 9.47 Å². The van der Waals surface area contributed by atoms with Crippen LogP contribution in [0.15, 0.2) is 42.5 Å². The summed E-state index contributed by atoms with van der Waals surface area (Å²) in [6.07, 6.45) is 0. The lowest BCUT2D eigenvalue weighted by molar-refractivity contribution is -0.384. The van der Waals surface area contributed by atoms with Crippen LogP contribution in [0, 0.1) is 10.1 Å². The number of nitrogens with zero attached hydrogens (tertiary/aromatic N) is 3. The first kappa shape index (κ1) is 14.5. The first-order chi connectivity index (χ1) is 11.1. The van der Waals surface area contributed by atoms with Gasteiger partial charge in [-0.2, -0.15) is 0 Å². The first-order valence-corrected chi connectivity index (χ1v) is 6.54. The van der Waals surface area contributed by atoms with Gasteiger partial charge in [0.1, 0.15) is 17.0 Å². The van der Waals surface area contributed by atoms with Crippen molar-refractivity contribution in [1.82, 2.24) is 10.2 Å². The average molecular weight is 313 g/mol. The highest BCUT2D eigenvalue weighted by Crippen LogP contribution is 2.37. The normalized spacial score (nSPS) is 10.5. The second-order valence-corrected chi connectivity index (χ2v) is 4.59. The molecule has 0 saturated heterocycles. The molecule has 0 bridgehead atoms. The number of non-ortho nitro benzene ring substituents is 1. The van der Waals surface area contributed by atoms with Crippen molar-refractivity contribution in [2.75, 3.05) is 7.11 Å². The predicted octanol–water partition coefficient (Wildman–Crippen LogP) is 3.04. The van der Waals surface area contributed by atoms with Gasteiger partial charge >= 0.3 is 0 Å². The molecule has 0 fully saturated rings. The van der Waals surface area contributed by atoms with Crippen LogP contribution < -0.4 is 9.47 Å². The fourth-order valence-corrected chi connectivity index (χ4v) is 2.04. The largest absolute Gasteiger partial charge is 0.508 e. The van der Waals surface area contributed by atoms with E-state index in [-0.39, 0.29) is 17.3 Å². The van der Waals surface area contributed by atoms with Crippen molar-refractivity contribution in [1.29, 1.82) is 0 Å². The van der Waals surface area contributed by atoms with Gasteiger partial charge in [0.2, 0.25) is 0 Å². The number of hydrogen-bond donors (Lipinski definition) is 1. The molecule has 0 saturated carbocycles. The van der Waals surface area contributed by atoms with E-state index in [9.17, 15) is 15.2 Å². The molecule has 1 heterocycles. The van der Waals surface area contributed by atoms with Crippen LogP contribution in [0.4, 0.5) is 5.69 Å². The zero-order valence-electron chi connectivity index (χ0n) is 12.0.